The first-order valence-corrected chi connectivity index (χ1v) is 6.48. The van der Waals surface area contributed by atoms with Gasteiger partial charge in [0.15, 0.2) is 0 Å². The van der Waals surface area contributed by atoms with Crippen LogP contribution in [-0.4, -0.2) is 33.6 Å². The summed E-state index contributed by atoms with van der Waals surface area (Å²) in [6, 6.07) is 0. The molecule has 0 aliphatic heterocycles. The van der Waals surface area contributed by atoms with Gasteiger partial charge in [-0.25, -0.2) is 14.8 Å². The summed E-state index contributed by atoms with van der Waals surface area (Å²) in [5.41, 5.74) is 0.751. The van der Waals surface area contributed by atoms with E-state index in [0.717, 1.165) is 0 Å². The third-order valence-corrected chi connectivity index (χ3v) is 2.79. The maximum Gasteiger partial charge on any atom is 0.410 e. The van der Waals surface area contributed by atoms with Crippen LogP contribution in [0.3, 0.4) is 0 Å². The van der Waals surface area contributed by atoms with Crippen molar-refractivity contribution < 1.29 is 9.53 Å². The molecule has 106 valence electrons. The predicted molar refractivity (Wildman–Crippen MR) is 74.5 cm³/mol. The molecule has 0 aliphatic rings. The van der Waals surface area contributed by atoms with Gasteiger partial charge in [-0.05, 0) is 39.3 Å². The largest absolute Gasteiger partial charge is 0.444 e. The summed E-state index contributed by atoms with van der Waals surface area (Å²) in [5.74, 6) is 0. The molecule has 0 saturated carbocycles. The third-order valence-electron chi connectivity index (χ3n) is 2.25. The zero-order chi connectivity index (χ0) is 14.8. The number of halogens is 2. The summed E-state index contributed by atoms with van der Waals surface area (Å²) in [5, 5.41) is 0.343. The van der Waals surface area contributed by atoms with Crippen molar-refractivity contribution in [2.45, 2.75) is 39.8 Å². The molecular formula is C12H17Cl2N3O2. The molecule has 0 radical (unpaired) electrons. The molecule has 1 rings (SSSR count). The second-order valence-corrected chi connectivity index (χ2v) is 5.89. The van der Waals surface area contributed by atoms with Gasteiger partial charge in [0.2, 0.25) is 5.28 Å². The zero-order valence-corrected chi connectivity index (χ0v) is 13.1. The van der Waals surface area contributed by atoms with E-state index in [2.05, 4.69) is 9.97 Å². The Morgan fingerprint density at radius 2 is 1.89 bits per heavy atom. The molecule has 19 heavy (non-hydrogen) atoms. The van der Waals surface area contributed by atoms with Crippen molar-refractivity contribution >= 4 is 29.3 Å². The highest BCUT2D eigenvalue weighted by molar-refractivity contribution is 6.32. The SMILES string of the molecule is Cc1c(Cl)nc(Cl)nc1CN(C)C(=O)OC(C)(C)C. The fourth-order valence-electron chi connectivity index (χ4n) is 1.29. The number of amides is 1. The van der Waals surface area contributed by atoms with Crippen LogP contribution in [0.4, 0.5) is 4.79 Å². The van der Waals surface area contributed by atoms with Gasteiger partial charge in [0, 0.05) is 12.6 Å². The van der Waals surface area contributed by atoms with Crippen molar-refractivity contribution in [2.24, 2.45) is 0 Å². The summed E-state index contributed by atoms with van der Waals surface area (Å²) in [4.78, 5) is 21.2. The minimum atomic E-state index is -0.540. The Balaban J connectivity index is 2.83. The lowest BCUT2D eigenvalue weighted by atomic mass is 10.2. The van der Waals surface area contributed by atoms with Gasteiger partial charge < -0.3 is 9.64 Å². The molecule has 1 amide bonds. The van der Waals surface area contributed by atoms with Crippen molar-refractivity contribution in [2.75, 3.05) is 7.05 Å². The number of hydrogen-bond donors (Lipinski definition) is 0. The van der Waals surface area contributed by atoms with Gasteiger partial charge in [0.25, 0.3) is 0 Å². The third kappa shape index (κ3) is 4.84. The Morgan fingerprint density at radius 1 is 1.32 bits per heavy atom. The van der Waals surface area contributed by atoms with Crippen LogP contribution in [0.15, 0.2) is 0 Å². The standard InChI is InChI=1S/C12H17Cl2N3O2/c1-7-8(15-10(14)16-9(7)13)6-17(5)11(18)19-12(2,3)4/h6H2,1-5H3. The Kier molecular flexibility index (Phi) is 4.98. The maximum atomic E-state index is 11.8. The van der Waals surface area contributed by atoms with E-state index in [1.807, 2.05) is 20.8 Å². The lowest BCUT2D eigenvalue weighted by Crippen LogP contribution is -2.34. The van der Waals surface area contributed by atoms with Crippen molar-refractivity contribution in [3.05, 3.63) is 21.7 Å². The normalized spacial score (nSPS) is 11.3. The monoisotopic (exact) mass is 305 g/mol. The van der Waals surface area contributed by atoms with Crippen LogP contribution in [0.25, 0.3) is 0 Å². The van der Waals surface area contributed by atoms with Gasteiger partial charge in [0.1, 0.15) is 10.8 Å². The van der Waals surface area contributed by atoms with Crippen LogP contribution >= 0.6 is 23.2 Å². The number of hydrogen-bond acceptors (Lipinski definition) is 4. The molecule has 1 aromatic rings. The number of ether oxygens (including phenoxy) is 1. The van der Waals surface area contributed by atoms with Crippen LogP contribution in [0.2, 0.25) is 10.4 Å². The second-order valence-electron chi connectivity index (χ2n) is 5.19. The first-order valence-electron chi connectivity index (χ1n) is 5.73. The van der Waals surface area contributed by atoms with Gasteiger partial charge in [0.05, 0.1) is 12.2 Å². The summed E-state index contributed by atoms with van der Waals surface area (Å²) in [6.45, 7) is 7.45. The molecule has 0 fully saturated rings. The lowest BCUT2D eigenvalue weighted by Gasteiger charge is -2.24. The Hall–Kier alpha value is -1.07. The lowest BCUT2D eigenvalue weighted by molar-refractivity contribution is 0.0283. The average Bonchev–Trinajstić information content (AvgIpc) is 2.22. The predicted octanol–water partition coefficient (Wildman–Crippen LogP) is 3.46. The number of aromatic nitrogens is 2. The highest BCUT2D eigenvalue weighted by atomic mass is 35.5. The molecule has 5 nitrogen and oxygen atoms in total. The fraction of sp³-hybridized carbons (Fsp3) is 0.583. The van der Waals surface area contributed by atoms with Gasteiger partial charge >= 0.3 is 6.09 Å². The molecule has 0 aliphatic carbocycles. The molecule has 1 heterocycles. The van der Waals surface area contributed by atoms with Crippen molar-refractivity contribution in [1.29, 1.82) is 0 Å². The second kappa shape index (κ2) is 5.92. The summed E-state index contributed by atoms with van der Waals surface area (Å²) >= 11 is 11.7. The number of carbonyl (C=O) groups is 1. The smallest absolute Gasteiger partial charge is 0.410 e. The van der Waals surface area contributed by atoms with Gasteiger partial charge in [-0.3, -0.25) is 0 Å². The zero-order valence-electron chi connectivity index (χ0n) is 11.6. The molecular weight excluding hydrogens is 289 g/mol. The van der Waals surface area contributed by atoms with E-state index in [-0.39, 0.29) is 17.0 Å². The molecule has 7 heteroatoms. The Morgan fingerprint density at radius 3 is 2.42 bits per heavy atom. The van der Waals surface area contributed by atoms with E-state index in [4.69, 9.17) is 27.9 Å². The summed E-state index contributed by atoms with van der Waals surface area (Å²) < 4.78 is 5.25. The first-order chi connectivity index (χ1) is 8.60. The topological polar surface area (TPSA) is 55.3 Å². The summed E-state index contributed by atoms with van der Waals surface area (Å²) in [7, 11) is 1.62. The van der Waals surface area contributed by atoms with Crippen molar-refractivity contribution in [1.82, 2.24) is 14.9 Å². The van der Waals surface area contributed by atoms with Crippen LogP contribution in [0.5, 0.6) is 0 Å². The minimum Gasteiger partial charge on any atom is -0.444 e. The highest BCUT2D eigenvalue weighted by Gasteiger charge is 2.21. The Labute approximate surface area is 122 Å². The van der Waals surface area contributed by atoms with Crippen molar-refractivity contribution in [3.63, 3.8) is 0 Å². The van der Waals surface area contributed by atoms with Gasteiger partial charge in [-0.2, -0.15) is 0 Å². The van der Waals surface area contributed by atoms with Crippen LogP contribution < -0.4 is 0 Å². The van der Waals surface area contributed by atoms with E-state index >= 15 is 0 Å². The number of nitrogens with zero attached hydrogens (tertiary/aromatic N) is 3. The van der Waals surface area contributed by atoms with Gasteiger partial charge in [-0.15, -0.1) is 0 Å². The molecule has 0 atom stereocenters. The van der Waals surface area contributed by atoms with Crippen LogP contribution in [0.1, 0.15) is 32.0 Å². The number of rotatable bonds is 2. The molecule has 0 unspecified atom stereocenters. The highest BCUT2D eigenvalue weighted by Crippen LogP contribution is 2.19. The average molecular weight is 306 g/mol. The van der Waals surface area contributed by atoms with Gasteiger partial charge in [-0.1, -0.05) is 11.6 Å². The molecule has 0 saturated heterocycles. The molecule has 1 aromatic heterocycles. The fourth-order valence-corrected chi connectivity index (χ4v) is 1.71. The number of carbonyl (C=O) groups excluding carboxylic acids is 1. The minimum absolute atomic E-state index is 0.0585. The quantitative estimate of drug-likeness (QED) is 0.620. The van der Waals surface area contributed by atoms with E-state index in [1.165, 1.54) is 4.90 Å². The molecule has 0 N–H and O–H groups in total. The Bertz CT molecular complexity index is 487. The van der Waals surface area contributed by atoms with E-state index < -0.39 is 11.7 Å². The van der Waals surface area contributed by atoms with Crippen molar-refractivity contribution in [3.8, 4) is 0 Å². The van der Waals surface area contributed by atoms with E-state index in [1.54, 1.807) is 14.0 Å². The molecule has 0 bridgehead atoms. The maximum absolute atomic E-state index is 11.8. The van der Waals surface area contributed by atoms with Crippen LogP contribution in [0, 0.1) is 6.92 Å². The van der Waals surface area contributed by atoms with E-state index in [0.29, 0.717) is 11.3 Å². The summed E-state index contributed by atoms with van der Waals surface area (Å²) in [6.07, 6.45) is -0.433. The molecule has 0 aromatic carbocycles. The van der Waals surface area contributed by atoms with Crippen LogP contribution in [-0.2, 0) is 11.3 Å². The molecule has 0 spiro atoms. The van der Waals surface area contributed by atoms with E-state index in [9.17, 15) is 4.79 Å². The first kappa shape index (κ1) is 16.0.